The monoisotopic (exact) mass is 440 g/mol. The van der Waals surface area contributed by atoms with Crippen LogP contribution < -0.4 is 10.6 Å². The Morgan fingerprint density at radius 3 is 2.78 bits per heavy atom. The van der Waals surface area contributed by atoms with Gasteiger partial charge in [0.1, 0.15) is 11.5 Å². The zero-order valence-corrected chi connectivity index (χ0v) is 17.9. The number of pyridine rings is 1. The molecular weight excluding hydrogens is 412 g/mol. The van der Waals surface area contributed by atoms with Crippen LogP contribution in [0.4, 0.5) is 5.82 Å². The number of hydrogen-bond acceptors (Lipinski definition) is 8. The van der Waals surface area contributed by atoms with Crippen molar-refractivity contribution in [2.24, 2.45) is 0 Å². The predicted octanol–water partition coefficient (Wildman–Crippen LogP) is 1.19. The highest BCUT2D eigenvalue weighted by molar-refractivity contribution is 5.96. The molecule has 5 heterocycles. The van der Waals surface area contributed by atoms with Crippen LogP contribution in [0.2, 0.25) is 0 Å². The van der Waals surface area contributed by atoms with Crippen molar-refractivity contribution >= 4 is 18.2 Å². The molecule has 32 heavy (non-hydrogen) atoms. The van der Waals surface area contributed by atoms with Crippen LogP contribution >= 0.6 is 0 Å². The highest BCUT2D eigenvalue weighted by atomic mass is 16.5. The predicted molar refractivity (Wildman–Crippen MR) is 117 cm³/mol. The Balaban J connectivity index is 0.000000775. The number of hydrogen-bond donors (Lipinski definition) is 3. The quantitative estimate of drug-likeness (QED) is 0.600. The number of rotatable bonds is 4. The topological polar surface area (TPSA) is 130 Å². The first kappa shape index (κ1) is 22.1. The van der Waals surface area contributed by atoms with E-state index in [2.05, 4.69) is 25.5 Å². The van der Waals surface area contributed by atoms with Crippen LogP contribution in [0.25, 0.3) is 11.4 Å². The summed E-state index contributed by atoms with van der Waals surface area (Å²) >= 11 is 0. The minimum absolute atomic E-state index is 0.142. The zero-order chi connectivity index (χ0) is 22.3. The summed E-state index contributed by atoms with van der Waals surface area (Å²) in [6.45, 7) is 3.98. The number of nitrogens with zero attached hydrogens (tertiary/aromatic N) is 4. The number of ether oxygens (including phenoxy) is 1. The second-order valence-corrected chi connectivity index (χ2v) is 8.03. The third-order valence-electron chi connectivity index (χ3n) is 6.03. The average molecular weight is 441 g/mol. The van der Waals surface area contributed by atoms with E-state index in [0.29, 0.717) is 30.7 Å². The Morgan fingerprint density at radius 2 is 2.03 bits per heavy atom. The van der Waals surface area contributed by atoms with Crippen LogP contribution in [0.15, 0.2) is 24.5 Å². The first-order valence-corrected chi connectivity index (χ1v) is 11.0. The summed E-state index contributed by atoms with van der Waals surface area (Å²) in [6.07, 6.45) is 7.97. The lowest BCUT2D eigenvalue weighted by atomic mass is 10.0. The summed E-state index contributed by atoms with van der Waals surface area (Å²) in [5, 5.41) is 13.4. The number of carbonyl (C=O) groups is 2. The number of anilines is 1. The number of aromatic nitrogens is 3. The Morgan fingerprint density at radius 1 is 1.22 bits per heavy atom. The molecule has 0 aliphatic carbocycles. The van der Waals surface area contributed by atoms with E-state index in [9.17, 15) is 4.79 Å². The number of carboxylic acid groups (broad SMARTS) is 1. The van der Waals surface area contributed by atoms with Crippen molar-refractivity contribution in [2.45, 2.75) is 37.8 Å². The highest BCUT2D eigenvalue weighted by Gasteiger charge is 2.35. The molecule has 0 aromatic carbocycles. The lowest BCUT2D eigenvalue weighted by Crippen LogP contribution is -2.48. The largest absolute Gasteiger partial charge is 0.483 e. The molecule has 10 nitrogen and oxygen atoms in total. The fraction of sp³-hybridized carbons (Fsp3) is 0.500. The molecule has 10 heteroatoms. The van der Waals surface area contributed by atoms with Gasteiger partial charge in [-0.25, -0.2) is 9.97 Å². The van der Waals surface area contributed by atoms with Gasteiger partial charge in [-0.05, 0) is 44.5 Å². The van der Waals surface area contributed by atoms with Gasteiger partial charge in [0.05, 0.1) is 25.3 Å². The van der Waals surface area contributed by atoms with Gasteiger partial charge in [0.15, 0.2) is 5.82 Å². The number of likely N-dealkylation sites (tertiary alicyclic amines) is 1. The smallest absolute Gasteiger partial charge is 0.290 e. The molecule has 1 amide bonds. The molecule has 2 aromatic rings. The Bertz CT molecular complexity index is 936. The third-order valence-corrected chi connectivity index (χ3v) is 6.03. The molecule has 0 radical (unpaired) electrons. The van der Waals surface area contributed by atoms with Gasteiger partial charge in [-0.1, -0.05) is 6.42 Å². The molecule has 3 N–H and O–H groups in total. The summed E-state index contributed by atoms with van der Waals surface area (Å²) in [4.78, 5) is 36.9. The number of fused-ring (bicyclic) bond motifs is 1. The zero-order valence-electron chi connectivity index (χ0n) is 17.9. The van der Waals surface area contributed by atoms with Crippen LogP contribution in [-0.4, -0.2) is 82.3 Å². The van der Waals surface area contributed by atoms with E-state index in [-0.39, 0.29) is 18.4 Å². The minimum Gasteiger partial charge on any atom is -0.483 e. The van der Waals surface area contributed by atoms with Crippen molar-refractivity contribution in [1.29, 1.82) is 0 Å². The Hall–Kier alpha value is -3.11. The summed E-state index contributed by atoms with van der Waals surface area (Å²) in [5.74, 6) is 1.13. The average Bonchev–Trinajstić information content (AvgIpc) is 3.29. The van der Waals surface area contributed by atoms with E-state index in [1.165, 1.54) is 19.3 Å². The minimum atomic E-state index is -0.250. The number of piperidine rings is 1. The van der Waals surface area contributed by atoms with Gasteiger partial charge >= 0.3 is 0 Å². The van der Waals surface area contributed by atoms with Crippen molar-refractivity contribution in [3.63, 3.8) is 0 Å². The summed E-state index contributed by atoms with van der Waals surface area (Å²) in [5.41, 5.74) is 2.15. The second-order valence-electron chi connectivity index (χ2n) is 8.03. The molecular formula is C22H28N6O4. The SMILES string of the molecule is O=C1NCCc2c(N[C@H]3COC[C@@H]3N3CCCCC3)nc(-c3cccnc3)nc21.O=CO. The maximum absolute atomic E-state index is 12.5. The fourth-order valence-corrected chi connectivity index (χ4v) is 4.50. The van der Waals surface area contributed by atoms with Crippen molar-refractivity contribution in [3.05, 3.63) is 35.8 Å². The van der Waals surface area contributed by atoms with Crippen LogP contribution in [0, 0.1) is 0 Å². The van der Waals surface area contributed by atoms with Crippen molar-refractivity contribution in [2.75, 3.05) is 38.2 Å². The van der Waals surface area contributed by atoms with Crippen molar-refractivity contribution in [3.8, 4) is 11.4 Å². The molecule has 3 aliphatic heterocycles. The molecule has 2 saturated heterocycles. The van der Waals surface area contributed by atoms with Crippen LogP contribution in [-0.2, 0) is 16.0 Å². The maximum Gasteiger partial charge on any atom is 0.290 e. The van der Waals surface area contributed by atoms with E-state index in [4.69, 9.17) is 19.6 Å². The molecule has 0 spiro atoms. The van der Waals surface area contributed by atoms with Gasteiger partial charge in [-0.2, -0.15) is 0 Å². The Kier molecular flexibility index (Phi) is 7.23. The molecule has 0 unspecified atom stereocenters. The number of nitrogens with one attached hydrogen (secondary N) is 2. The second kappa shape index (κ2) is 10.5. The molecule has 170 valence electrons. The third kappa shape index (κ3) is 4.86. The van der Waals surface area contributed by atoms with Gasteiger partial charge in [0.2, 0.25) is 0 Å². The van der Waals surface area contributed by atoms with Crippen LogP contribution in [0.1, 0.15) is 35.3 Å². The molecule has 0 bridgehead atoms. The fourth-order valence-electron chi connectivity index (χ4n) is 4.50. The van der Waals surface area contributed by atoms with Gasteiger partial charge in [-0.15, -0.1) is 0 Å². The van der Waals surface area contributed by atoms with E-state index < -0.39 is 0 Å². The van der Waals surface area contributed by atoms with Crippen molar-refractivity contribution in [1.82, 2.24) is 25.2 Å². The maximum atomic E-state index is 12.5. The number of amides is 1. The standard InChI is InChI=1S/C21H26N6O2.CH2O2/c28-21-18-15(6-8-23-21)20(26-19(25-18)14-5-4-7-22-11-14)24-16-12-29-13-17(16)27-9-2-1-3-10-27;2-1-3/h4-5,7,11,16-17H,1-3,6,8-10,12-13H2,(H,23,28)(H,24,25,26);1H,(H,2,3)/t16-,17-;/m0./s1. The van der Waals surface area contributed by atoms with Gasteiger partial charge in [0.25, 0.3) is 12.4 Å². The van der Waals surface area contributed by atoms with E-state index in [1.54, 1.807) is 12.4 Å². The first-order valence-electron chi connectivity index (χ1n) is 11.0. The summed E-state index contributed by atoms with van der Waals surface area (Å²) < 4.78 is 5.84. The normalized spacial score (nSPS) is 22.8. The first-order chi connectivity index (χ1) is 15.7. The Labute approximate surface area is 186 Å². The van der Waals surface area contributed by atoms with E-state index >= 15 is 0 Å². The van der Waals surface area contributed by atoms with Gasteiger partial charge in [0, 0.05) is 30.1 Å². The van der Waals surface area contributed by atoms with Gasteiger partial charge < -0.3 is 20.5 Å². The lowest BCUT2D eigenvalue weighted by Gasteiger charge is -2.35. The van der Waals surface area contributed by atoms with Gasteiger partial charge in [-0.3, -0.25) is 19.5 Å². The number of carbonyl (C=O) groups excluding carboxylic acids is 1. The molecule has 2 atom stereocenters. The summed E-state index contributed by atoms with van der Waals surface area (Å²) in [6, 6.07) is 4.25. The van der Waals surface area contributed by atoms with E-state index in [0.717, 1.165) is 43.1 Å². The molecule has 0 saturated carbocycles. The molecule has 2 aromatic heterocycles. The lowest BCUT2D eigenvalue weighted by molar-refractivity contribution is -0.122. The molecule has 3 aliphatic rings. The van der Waals surface area contributed by atoms with Crippen LogP contribution in [0.3, 0.4) is 0 Å². The highest BCUT2D eigenvalue weighted by Crippen LogP contribution is 2.27. The van der Waals surface area contributed by atoms with Crippen molar-refractivity contribution < 1.29 is 19.4 Å². The molecule has 5 rings (SSSR count). The van der Waals surface area contributed by atoms with Crippen LogP contribution in [0.5, 0.6) is 0 Å². The van der Waals surface area contributed by atoms with E-state index in [1.807, 2.05) is 12.1 Å². The molecule has 2 fully saturated rings. The summed E-state index contributed by atoms with van der Waals surface area (Å²) in [7, 11) is 0.